The Labute approximate surface area is 154 Å². The summed E-state index contributed by atoms with van der Waals surface area (Å²) in [5.41, 5.74) is -0.758. The molecule has 0 radical (unpaired) electrons. The first-order valence-electron chi connectivity index (χ1n) is 7.52. The highest BCUT2D eigenvalue weighted by Crippen LogP contribution is 2.53. The van der Waals surface area contributed by atoms with E-state index in [1.54, 1.807) is 24.3 Å². The molecular weight excluding hydrogens is 358 g/mol. The van der Waals surface area contributed by atoms with Crippen molar-refractivity contribution < 1.29 is 9.53 Å². The van der Waals surface area contributed by atoms with Gasteiger partial charge in [-0.05, 0) is 29.1 Å². The topological polar surface area (TPSA) is 85.9 Å². The molecule has 1 aromatic heterocycles. The van der Waals surface area contributed by atoms with Crippen LogP contribution in [0.3, 0.4) is 0 Å². The van der Waals surface area contributed by atoms with Gasteiger partial charge in [-0.1, -0.05) is 29.8 Å². The van der Waals surface area contributed by atoms with Crippen molar-refractivity contribution in [3.63, 3.8) is 0 Å². The number of thiophene rings is 1. The molecule has 0 aliphatic carbocycles. The molecule has 0 unspecified atom stereocenters. The van der Waals surface area contributed by atoms with Crippen LogP contribution in [0.25, 0.3) is 0 Å². The van der Waals surface area contributed by atoms with Gasteiger partial charge in [-0.2, -0.15) is 10.5 Å². The van der Waals surface area contributed by atoms with E-state index in [1.165, 1.54) is 18.4 Å². The summed E-state index contributed by atoms with van der Waals surface area (Å²) in [6.45, 7) is 0. The van der Waals surface area contributed by atoms with E-state index in [2.05, 4.69) is 17.5 Å². The number of rotatable bonds is 3. The summed E-state index contributed by atoms with van der Waals surface area (Å²) in [7, 11) is 1.29. The largest absolute Gasteiger partial charge is 0.468 e. The average Bonchev–Trinajstić information content (AvgIpc) is 3.27. The van der Waals surface area contributed by atoms with Crippen LogP contribution in [0.2, 0.25) is 5.02 Å². The predicted octanol–water partition coefficient (Wildman–Crippen LogP) is 3.40. The minimum Gasteiger partial charge on any atom is -0.468 e. The number of carbonyl (C=O) groups is 1. The molecule has 0 bridgehead atoms. The van der Waals surface area contributed by atoms with E-state index in [0.717, 1.165) is 4.88 Å². The second-order valence-electron chi connectivity index (χ2n) is 5.74. The van der Waals surface area contributed by atoms with Crippen LogP contribution in [0.1, 0.15) is 22.4 Å². The van der Waals surface area contributed by atoms with Gasteiger partial charge in [-0.25, -0.2) is 0 Å². The predicted molar refractivity (Wildman–Crippen MR) is 93.9 cm³/mol. The Kier molecular flexibility index (Phi) is 4.78. The van der Waals surface area contributed by atoms with E-state index in [0.29, 0.717) is 10.6 Å². The highest BCUT2D eigenvalue weighted by atomic mass is 35.5. The Morgan fingerprint density at radius 2 is 1.96 bits per heavy atom. The summed E-state index contributed by atoms with van der Waals surface area (Å²) in [6.07, 6.45) is 0. The first kappa shape index (κ1) is 17.4. The Balaban J connectivity index is 2.18. The lowest BCUT2D eigenvalue weighted by Crippen LogP contribution is -2.37. The third kappa shape index (κ3) is 2.79. The number of hydrogen-bond donors (Lipinski definition) is 1. The Bertz CT molecular complexity index is 838. The standard InChI is InChI=1S/C18H14ClN3O2S/c1-24-17(23)15-14(11-4-6-12(19)7-5-11)18(9-20,10-21)16(22-15)13-3-2-8-25-13/h2-8,14-16,22H,1H3/t14-,15+,16-/m0/s1. The number of esters is 1. The zero-order chi connectivity index (χ0) is 18.0. The zero-order valence-electron chi connectivity index (χ0n) is 13.3. The molecular formula is C18H14ClN3O2S. The SMILES string of the molecule is COC(=O)[C@@H]1N[C@@H](c2cccs2)C(C#N)(C#N)[C@H]1c1ccc(Cl)cc1. The van der Waals surface area contributed by atoms with E-state index in [-0.39, 0.29) is 0 Å². The van der Waals surface area contributed by atoms with Crippen molar-refractivity contribution in [1.82, 2.24) is 5.32 Å². The fraction of sp³-hybridized carbons (Fsp3) is 0.278. The Morgan fingerprint density at radius 1 is 1.28 bits per heavy atom. The number of hydrogen-bond acceptors (Lipinski definition) is 6. The molecule has 126 valence electrons. The molecule has 1 aromatic carbocycles. The number of ether oxygens (including phenoxy) is 1. The summed E-state index contributed by atoms with van der Waals surface area (Å²) < 4.78 is 4.91. The Morgan fingerprint density at radius 3 is 2.48 bits per heavy atom. The third-order valence-corrected chi connectivity index (χ3v) is 5.70. The van der Waals surface area contributed by atoms with Gasteiger partial charge >= 0.3 is 5.97 Å². The third-order valence-electron chi connectivity index (χ3n) is 4.51. The molecule has 2 heterocycles. The van der Waals surface area contributed by atoms with Crippen molar-refractivity contribution >= 4 is 28.9 Å². The summed E-state index contributed by atoms with van der Waals surface area (Å²) >= 11 is 7.39. The summed E-state index contributed by atoms with van der Waals surface area (Å²) in [5, 5.41) is 25.5. The number of nitrogens with one attached hydrogen (secondary N) is 1. The maximum absolute atomic E-state index is 12.4. The molecule has 1 aliphatic heterocycles. The lowest BCUT2D eigenvalue weighted by atomic mass is 9.70. The quantitative estimate of drug-likeness (QED) is 0.835. The molecule has 3 rings (SSSR count). The molecule has 0 amide bonds. The zero-order valence-corrected chi connectivity index (χ0v) is 14.8. The second kappa shape index (κ2) is 6.85. The number of halogens is 1. The summed E-state index contributed by atoms with van der Waals surface area (Å²) in [6, 6.07) is 13.5. The van der Waals surface area contributed by atoms with E-state index in [9.17, 15) is 15.3 Å². The molecule has 25 heavy (non-hydrogen) atoms. The van der Waals surface area contributed by atoms with Crippen LogP contribution in [0.5, 0.6) is 0 Å². The van der Waals surface area contributed by atoms with Crippen LogP contribution in [-0.2, 0) is 9.53 Å². The van der Waals surface area contributed by atoms with Gasteiger partial charge in [0, 0.05) is 15.8 Å². The summed E-state index contributed by atoms with van der Waals surface area (Å²) in [5.74, 6) is -1.19. The molecule has 1 fully saturated rings. The molecule has 5 nitrogen and oxygen atoms in total. The van der Waals surface area contributed by atoms with Gasteiger partial charge in [-0.15, -0.1) is 11.3 Å². The molecule has 1 aliphatic rings. The molecule has 1 saturated heterocycles. The first-order valence-corrected chi connectivity index (χ1v) is 8.78. The van der Waals surface area contributed by atoms with E-state index >= 15 is 0 Å². The van der Waals surface area contributed by atoms with E-state index in [1.807, 2.05) is 17.5 Å². The van der Waals surface area contributed by atoms with Gasteiger partial charge in [-0.3, -0.25) is 10.1 Å². The monoisotopic (exact) mass is 371 g/mol. The number of benzene rings is 1. The first-order chi connectivity index (χ1) is 12.1. The molecule has 0 saturated carbocycles. The number of nitrogens with zero attached hydrogens (tertiary/aromatic N) is 2. The van der Waals surface area contributed by atoms with Crippen molar-refractivity contribution in [1.29, 1.82) is 10.5 Å². The van der Waals surface area contributed by atoms with Gasteiger partial charge in [0.05, 0.1) is 25.3 Å². The van der Waals surface area contributed by atoms with Gasteiger partial charge in [0.2, 0.25) is 0 Å². The molecule has 7 heteroatoms. The van der Waals surface area contributed by atoms with E-state index in [4.69, 9.17) is 16.3 Å². The molecule has 2 aromatic rings. The number of carbonyl (C=O) groups excluding carboxylic acids is 1. The maximum atomic E-state index is 12.4. The van der Waals surface area contributed by atoms with Crippen LogP contribution in [0.4, 0.5) is 0 Å². The number of methoxy groups -OCH3 is 1. The van der Waals surface area contributed by atoms with Crippen molar-refractivity contribution in [2.24, 2.45) is 5.41 Å². The van der Waals surface area contributed by atoms with Crippen LogP contribution < -0.4 is 5.32 Å². The van der Waals surface area contributed by atoms with Gasteiger partial charge in [0.1, 0.15) is 6.04 Å². The fourth-order valence-electron chi connectivity index (χ4n) is 3.36. The highest BCUT2D eigenvalue weighted by Gasteiger charge is 2.60. The van der Waals surface area contributed by atoms with Crippen LogP contribution in [0, 0.1) is 28.1 Å². The fourth-order valence-corrected chi connectivity index (χ4v) is 4.35. The van der Waals surface area contributed by atoms with Crippen molar-refractivity contribution in [3.05, 3.63) is 57.2 Å². The average molecular weight is 372 g/mol. The van der Waals surface area contributed by atoms with Crippen molar-refractivity contribution in [2.45, 2.75) is 18.0 Å². The van der Waals surface area contributed by atoms with Crippen LogP contribution in [-0.4, -0.2) is 19.1 Å². The van der Waals surface area contributed by atoms with Gasteiger partial charge in [0.25, 0.3) is 0 Å². The smallest absolute Gasteiger partial charge is 0.323 e. The van der Waals surface area contributed by atoms with E-state index < -0.39 is 29.4 Å². The summed E-state index contributed by atoms with van der Waals surface area (Å²) in [4.78, 5) is 13.2. The lowest BCUT2D eigenvalue weighted by Gasteiger charge is -2.26. The minimum atomic E-state index is -1.45. The molecule has 0 spiro atoms. The maximum Gasteiger partial charge on any atom is 0.323 e. The van der Waals surface area contributed by atoms with Crippen molar-refractivity contribution in [3.8, 4) is 12.1 Å². The van der Waals surface area contributed by atoms with Gasteiger partial charge < -0.3 is 4.74 Å². The van der Waals surface area contributed by atoms with Crippen LogP contribution >= 0.6 is 22.9 Å². The normalized spacial score (nSPS) is 24.2. The highest BCUT2D eigenvalue weighted by molar-refractivity contribution is 7.10. The lowest BCUT2D eigenvalue weighted by molar-refractivity contribution is -0.143. The Hall–Kier alpha value is -2.38. The van der Waals surface area contributed by atoms with Crippen LogP contribution in [0.15, 0.2) is 41.8 Å². The molecule has 1 N–H and O–H groups in total. The van der Waals surface area contributed by atoms with Gasteiger partial charge in [0.15, 0.2) is 5.41 Å². The molecule has 3 atom stereocenters. The minimum absolute atomic E-state index is 0.506. The number of nitriles is 2. The second-order valence-corrected chi connectivity index (χ2v) is 7.15. The van der Waals surface area contributed by atoms with Crippen molar-refractivity contribution in [2.75, 3.05) is 7.11 Å².